The lowest BCUT2D eigenvalue weighted by Crippen LogP contribution is -2.21. The molecule has 126 valence electrons. The third-order valence-electron chi connectivity index (χ3n) is 3.74. The Bertz CT molecular complexity index is 695. The zero-order valence-corrected chi connectivity index (χ0v) is 14.1. The van der Waals surface area contributed by atoms with Gasteiger partial charge in [0.2, 0.25) is 5.91 Å². The second kappa shape index (κ2) is 8.72. The van der Waals surface area contributed by atoms with E-state index in [-0.39, 0.29) is 18.1 Å². The first-order chi connectivity index (χ1) is 11.6. The van der Waals surface area contributed by atoms with Crippen LogP contribution in [0.3, 0.4) is 0 Å². The predicted octanol–water partition coefficient (Wildman–Crippen LogP) is 2.93. The van der Waals surface area contributed by atoms with Gasteiger partial charge in [-0.3, -0.25) is 4.79 Å². The van der Waals surface area contributed by atoms with Crippen molar-refractivity contribution in [3.05, 3.63) is 59.7 Å². The van der Waals surface area contributed by atoms with Crippen molar-refractivity contribution >= 4 is 17.8 Å². The molecule has 0 saturated heterocycles. The number of carbonyl (C=O) groups is 1. The first kappa shape index (κ1) is 17.5. The van der Waals surface area contributed by atoms with Gasteiger partial charge in [0, 0.05) is 30.4 Å². The summed E-state index contributed by atoms with van der Waals surface area (Å²) >= 11 is 0. The van der Waals surface area contributed by atoms with Gasteiger partial charge in [-0.25, -0.2) is 5.43 Å². The van der Waals surface area contributed by atoms with Crippen LogP contribution in [0.5, 0.6) is 5.75 Å². The second-order valence-corrected chi connectivity index (χ2v) is 5.37. The first-order valence-corrected chi connectivity index (χ1v) is 8.07. The highest BCUT2D eigenvalue weighted by molar-refractivity contribution is 5.86. The lowest BCUT2D eigenvalue weighted by molar-refractivity contribution is -0.120. The molecule has 0 bridgehead atoms. The number of nitrogens with one attached hydrogen (secondary N) is 1. The van der Waals surface area contributed by atoms with Gasteiger partial charge in [0.15, 0.2) is 0 Å². The Morgan fingerprint density at radius 3 is 2.50 bits per heavy atom. The van der Waals surface area contributed by atoms with E-state index in [2.05, 4.69) is 29.3 Å². The first-order valence-electron chi connectivity index (χ1n) is 8.07. The molecule has 2 aromatic rings. The molecule has 24 heavy (non-hydrogen) atoms. The molecule has 0 saturated carbocycles. The average Bonchev–Trinajstić information content (AvgIpc) is 2.59. The molecule has 2 rings (SSSR count). The standard InChI is InChI=1S/C19H23N3O2/c1-3-22(4-2)17-11-10-16(18(23)13-17)14-20-21-19(24)12-15-8-6-5-7-9-15/h5-11,13-14,23H,3-4,12H2,1-2H3,(H,21,24). The number of hydrazone groups is 1. The minimum absolute atomic E-state index is 0.139. The average molecular weight is 325 g/mol. The zero-order chi connectivity index (χ0) is 17.4. The summed E-state index contributed by atoms with van der Waals surface area (Å²) in [5.74, 6) is -0.0582. The highest BCUT2D eigenvalue weighted by Gasteiger charge is 2.06. The van der Waals surface area contributed by atoms with Crippen LogP contribution in [0, 0.1) is 0 Å². The minimum atomic E-state index is -0.197. The third-order valence-corrected chi connectivity index (χ3v) is 3.74. The number of rotatable bonds is 7. The van der Waals surface area contributed by atoms with Gasteiger partial charge in [-0.1, -0.05) is 30.3 Å². The smallest absolute Gasteiger partial charge is 0.244 e. The van der Waals surface area contributed by atoms with Crippen molar-refractivity contribution in [3.63, 3.8) is 0 Å². The van der Waals surface area contributed by atoms with Crippen LogP contribution in [0.4, 0.5) is 5.69 Å². The molecule has 0 radical (unpaired) electrons. The van der Waals surface area contributed by atoms with Gasteiger partial charge in [-0.15, -0.1) is 0 Å². The topological polar surface area (TPSA) is 64.9 Å². The third kappa shape index (κ3) is 4.84. The monoisotopic (exact) mass is 325 g/mol. The van der Waals surface area contributed by atoms with E-state index in [1.165, 1.54) is 6.21 Å². The molecule has 2 aromatic carbocycles. The number of carbonyl (C=O) groups excluding carboxylic acids is 1. The van der Waals surface area contributed by atoms with E-state index >= 15 is 0 Å². The van der Waals surface area contributed by atoms with Gasteiger partial charge < -0.3 is 10.0 Å². The van der Waals surface area contributed by atoms with Gasteiger partial charge in [0.1, 0.15) is 5.75 Å². The number of nitrogens with zero attached hydrogens (tertiary/aromatic N) is 2. The Balaban J connectivity index is 1.95. The zero-order valence-electron chi connectivity index (χ0n) is 14.1. The van der Waals surface area contributed by atoms with Gasteiger partial charge in [0.05, 0.1) is 12.6 Å². The van der Waals surface area contributed by atoms with Crippen LogP contribution in [0.15, 0.2) is 53.6 Å². The Hall–Kier alpha value is -2.82. The van der Waals surface area contributed by atoms with E-state index in [1.54, 1.807) is 12.1 Å². The SMILES string of the molecule is CCN(CC)c1ccc(C=NNC(=O)Cc2ccccc2)c(O)c1. The molecule has 2 N–H and O–H groups in total. The van der Waals surface area contributed by atoms with Crippen molar-refractivity contribution in [1.29, 1.82) is 0 Å². The largest absolute Gasteiger partial charge is 0.507 e. The number of phenols is 1. The molecule has 0 aliphatic heterocycles. The van der Waals surface area contributed by atoms with Gasteiger partial charge in [-0.2, -0.15) is 5.10 Å². The summed E-state index contributed by atoms with van der Waals surface area (Å²) in [6.45, 7) is 5.88. The molecule has 0 atom stereocenters. The fourth-order valence-corrected chi connectivity index (χ4v) is 2.42. The van der Waals surface area contributed by atoms with E-state index in [0.29, 0.717) is 5.56 Å². The van der Waals surface area contributed by atoms with Crippen LogP contribution in [-0.4, -0.2) is 30.3 Å². The van der Waals surface area contributed by atoms with Gasteiger partial charge >= 0.3 is 0 Å². The molecule has 0 unspecified atom stereocenters. The van der Waals surface area contributed by atoms with Crippen molar-refractivity contribution < 1.29 is 9.90 Å². The lowest BCUT2D eigenvalue weighted by Gasteiger charge is -2.21. The molecular weight excluding hydrogens is 302 g/mol. The van der Waals surface area contributed by atoms with Crippen LogP contribution in [0.25, 0.3) is 0 Å². The molecule has 1 amide bonds. The van der Waals surface area contributed by atoms with Crippen molar-refractivity contribution in [1.82, 2.24) is 5.43 Å². The Labute approximate surface area is 142 Å². The maximum absolute atomic E-state index is 11.8. The Morgan fingerprint density at radius 2 is 1.88 bits per heavy atom. The van der Waals surface area contributed by atoms with E-state index in [0.717, 1.165) is 24.3 Å². The van der Waals surface area contributed by atoms with Crippen LogP contribution in [0.1, 0.15) is 25.0 Å². The number of phenolic OH excluding ortho intramolecular Hbond substituents is 1. The number of benzene rings is 2. The van der Waals surface area contributed by atoms with Crippen molar-refractivity contribution in [2.75, 3.05) is 18.0 Å². The maximum Gasteiger partial charge on any atom is 0.244 e. The number of hydrogen-bond donors (Lipinski definition) is 2. The quantitative estimate of drug-likeness (QED) is 0.608. The molecule has 0 aliphatic rings. The Morgan fingerprint density at radius 1 is 1.17 bits per heavy atom. The van der Waals surface area contributed by atoms with Gasteiger partial charge in [-0.05, 0) is 31.5 Å². The van der Waals surface area contributed by atoms with Crippen LogP contribution >= 0.6 is 0 Å². The maximum atomic E-state index is 11.8. The lowest BCUT2D eigenvalue weighted by atomic mass is 10.1. The predicted molar refractivity (Wildman–Crippen MR) is 97.6 cm³/mol. The van der Waals surface area contributed by atoms with Crippen molar-refractivity contribution in [2.24, 2.45) is 5.10 Å². The fraction of sp³-hybridized carbons (Fsp3) is 0.263. The fourth-order valence-electron chi connectivity index (χ4n) is 2.42. The number of anilines is 1. The normalized spacial score (nSPS) is 10.8. The summed E-state index contributed by atoms with van der Waals surface area (Å²) in [6, 6.07) is 14.9. The Kier molecular flexibility index (Phi) is 6.37. The van der Waals surface area contributed by atoms with Crippen LogP contribution in [0.2, 0.25) is 0 Å². The summed E-state index contributed by atoms with van der Waals surface area (Å²) < 4.78 is 0. The highest BCUT2D eigenvalue weighted by Crippen LogP contribution is 2.23. The summed E-state index contributed by atoms with van der Waals surface area (Å²) in [6.07, 6.45) is 1.72. The molecule has 5 heteroatoms. The van der Waals surface area contributed by atoms with Crippen molar-refractivity contribution in [3.8, 4) is 5.75 Å². The number of aromatic hydroxyl groups is 1. The van der Waals surface area contributed by atoms with Crippen molar-refractivity contribution in [2.45, 2.75) is 20.3 Å². The number of hydrogen-bond acceptors (Lipinski definition) is 4. The molecule has 0 heterocycles. The van der Waals surface area contributed by atoms with Gasteiger partial charge in [0.25, 0.3) is 0 Å². The molecule has 0 aliphatic carbocycles. The van der Waals surface area contributed by atoms with E-state index in [4.69, 9.17) is 0 Å². The summed E-state index contributed by atoms with van der Waals surface area (Å²) in [5, 5.41) is 14.0. The molecule has 5 nitrogen and oxygen atoms in total. The van der Waals surface area contributed by atoms with E-state index < -0.39 is 0 Å². The molecular formula is C19H23N3O2. The van der Waals surface area contributed by atoms with Crippen LogP contribution in [-0.2, 0) is 11.2 Å². The summed E-state index contributed by atoms with van der Waals surface area (Å²) in [7, 11) is 0. The summed E-state index contributed by atoms with van der Waals surface area (Å²) in [5.41, 5.74) is 4.92. The highest BCUT2D eigenvalue weighted by atomic mass is 16.3. The minimum Gasteiger partial charge on any atom is -0.507 e. The summed E-state index contributed by atoms with van der Waals surface area (Å²) in [4.78, 5) is 14.0. The van der Waals surface area contributed by atoms with Crippen LogP contribution < -0.4 is 10.3 Å². The van der Waals surface area contributed by atoms with E-state index in [9.17, 15) is 9.90 Å². The van der Waals surface area contributed by atoms with E-state index in [1.807, 2.05) is 36.4 Å². The molecule has 0 spiro atoms. The molecule has 0 aromatic heterocycles. The second-order valence-electron chi connectivity index (χ2n) is 5.37. The number of amides is 1. The molecule has 0 fully saturated rings.